The zero-order chi connectivity index (χ0) is 22.0. The van der Waals surface area contributed by atoms with Crippen molar-refractivity contribution < 1.29 is 13.9 Å². The molecule has 0 bridgehead atoms. The molecule has 0 saturated carbocycles. The molecule has 1 saturated heterocycles. The number of hydrogen-bond acceptors (Lipinski definition) is 4. The van der Waals surface area contributed by atoms with Gasteiger partial charge in [0.05, 0.1) is 12.8 Å². The van der Waals surface area contributed by atoms with Crippen LogP contribution in [0, 0.1) is 5.82 Å². The number of nitrogens with zero attached hydrogens (tertiary/aromatic N) is 4. The SMILES string of the molecule is COc1ccc(-c2cc(C(=O)N3CCN(C(C)c4ccccc4)CC3)n(C)n2)c(F)c1. The summed E-state index contributed by atoms with van der Waals surface area (Å²) in [4.78, 5) is 17.4. The molecule has 1 aliphatic rings. The summed E-state index contributed by atoms with van der Waals surface area (Å²) >= 11 is 0. The van der Waals surface area contributed by atoms with Crippen LogP contribution in [0.15, 0.2) is 54.6 Å². The van der Waals surface area contributed by atoms with Gasteiger partial charge in [-0.05, 0) is 30.7 Å². The van der Waals surface area contributed by atoms with Gasteiger partial charge in [0.1, 0.15) is 17.3 Å². The van der Waals surface area contributed by atoms with Crippen LogP contribution >= 0.6 is 0 Å². The quantitative estimate of drug-likeness (QED) is 0.628. The first-order chi connectivity index (χ1) is 15.0. The molecule has 0 N–H and O–H groups in total. The van der Waals surface area contributed by atoms with Crippen LogP contribution in [0.1, 0.15) is 29.0 Å². The second kappa shape index (κ2) is 8.89. The van der Waals surface area contributed by atoms with E-state index in [1.165, 1.54) is 23.4 Å². The van der Waals surface area contributed by atoms with Gasteiger partial charge in [0, 0.05) is 50.9 Å². The third-order valence-corrected chi connectivity index (χ3v) is 5.98. The van der Waals surface area contributed by atoms with E-state index in [1.807, 2.05) is 11.0 Å². The molecule has 0 radical (unpaired) electrons. The van der Waals surface area contributed by atoms with Gasteiger partial charge in [0.25, 0.3) is 5.91 Å². The molecular weight excluding hydrogens is 395 g/mol. The van der Waals surface area contributed by atoms with Crippen molar-refractivity contribution in [2.75, 3.05) is 33.3 Å². The van der Waals surface area contributed by atoms with Crippen LogP contribution in [-0.2, 0) is 7.05 Å². The Morgan fingerprint density at radius 1 is 1.06 bits per heavy atom. The maximum atomic E-state index is 14.4. The smallest absolute Gasteiger partial charge is 0.272 e. The van der Waals surface area contributed by atoms with E-state index in [-0.39, 0.29) is 5.91 Å². The van der Waals surface area contributed by atoms with Gasteiger partial charge in [0.15, 0.2) is 0 Å². The number of aryl methyl sites for hydroxylation is 1. The van der Waals surface area contributed by atoms with Crippen molar-refractivity contribution in [3.63, 3.8) is 0 Å². The highest BCUT2D eigenvalue weighted by Crippen LogP contribution is 2.27. The average molecular weight is 423 g/mol. The van der Waals surface area contributed by atoms with Crippen LogP contribution in [-0.4, -0.2) is 58.8 Å². The minimum absolute atomic E-state index is 0.0813. The van der Waals surface area contributed by atoms with Crippen LogP contribution in [0.2, 0.25) is 0 Å². The van der Waals surface area contributed by atoms with Crippen LogP contribution in [0.3, 0.4) is 0 Å². The topological polar surface area (TPSA) is 50.6 Å². The maximum absolute atomic E-state index is 14.4. The normalized spacial score (nSPS) is 15.7. The highest BCUT2D eigenvalue weighted by molar-refractivity contribution is 5.93. The summed E-state index contributed by atoms with van der Waals surface area (Å²) in [6.45, 7) is 5.10. The van der Waals surface area contributed by atoms with Crippen molar-refractivity contribution in [2.45, 2.75) is 13.0 Å². The second-order valence-corrected chi connectivity index (χ2v) is 7.80. The Balaban J connectivity index is 1.45. The standard InChI is InChI=1S/C24H27FN4O2/c1-17(18-7-5-4-6-8-18)28-11-13-29(14-12-28)24(30)23-16-22(26-27(23)2)20-10-9-19(31-3)15-21(20)25/h4-10,15-17H,11-14H2,1-3H3. The Bertz CT molecular complexity index is 1060. The van der Waals surface area contributed by atoms with E-state index in [0.717, 1.165) is 13.1 Å². The van der Waals surface area contributed by atoms with Crippen molar-refractivity contribution in [2.24, 2.45) is 7.05 Å². The number of aromatic nitrogens is 2. The fourth-order valence-electron chi connectivity index (χ4n) is 4.05. The van der Waals surface area contributed by atoms with Gasteiger partial charge in [-0.25, -0.2) is 4.39 Å². The molecule has 1 atom stereocenters. The van der Waals surface area contributed by atoms with Gasteiger partial charge in [0.2, 0.25) is 0 Å². The van der Waals surface area contributed by atoms with Crippen LogP contribution in [0.25, 0.3) is 11.3 Å². The largest absolute Gasteiger partial charge is 0.497 e. The number of carbonyl (C=O) groups excluding carboxylic acids is 1. The molecule has 1 aliphatic heterocycles. The fourth-order valence-corrected chi connectivity index (χ4v) is 4.05. The number of hydrogen-bond donors (Lipinski definition) is 0. The van der Waals surface area contributed by atoms with E-state index in [1.54, 1.807) is 25.2 Å². The molecule has 7 heteroatoms. The van der Waals surface area contributed by atoms with Crippen LogP contribution < -0.4 is 4.74 Å². The summed E-state index contributed by atoms with van der Waals surface area (Å²) in [6.07, 6.45) is 0. The van der Waals surface area contributed by atoms with Gasteiger partial charge in [-0.2, -0.15) is 5.10 Å². The molecule has 0 spiro atoms. The lowest BCUT2D eigenvalue weighted by Gasteiger charge is -2.38. The predicted molar refractivity (Wildman–Crippen MR) is 117 cm³/mol. The molecule has 2 heterocycles. The molecule has 162 valence electrons. The Morgan fingerprint density at radius 3 is 2.42 bits per heavy atom. The summed E-state index contributed by atoms with van der Waals surface area (Å²) in [7, 11) is 3.21. The third kappa shape index (κ3) is 4.32. The first-order valence-electron chi connectivity index (χ1n) is 10.4. The number of carbonyl (C=O) groups is 1. The van der Waals surface area contributed by atoms with Gasteiger partial charge < -0.3 is 9.64 Å². The number of ether oxygens (including phenoxy) is 1. The molecular formula is C24H27FN4O2. The summed E-state index contributed by atoms with van der Waals surface area (Å²) in [5, 5.41) is 4.37. The molecule has 1 unspecified atom stereocenters. The second-order valence-electron chi connectivity index (χ2n) is 7.80. The van der Waals surface area contributed by atoms with Crippen molar-refractivity contribution in [1.29, 1.82) is 0 Å². The summed E-state index contributed by atoms with van der Waals surface area (Å²) < 4.78 is 21.0. The van der Waals surface area contributed by atoms with Crippen LogP contribution in [0.5, 0.6) is 5.75 Å². The van der Waals surface area contributed by atoms with Crippen LogP contribution in [0.4, 0.5) is 4.39 Å². The average Bonchev–Trinajstić information content (AvgIpc) is 3.19. The predicted octanol–water partition coefficient (Wildman–Crippen LogP) is 3.75. The first-order valence-corrected chi connectivity index (χ1v) is 10.4. The van der Waals surface area contributed by atoms with Crippen molar-refractivity contribution in [1.82, 2.24) is 19.6 Å². The molecule has 6 nitrogen and oxygen atoms in total. The molecule has 1 aromatic heterocycles. The van der Waals surface area contributed by atoms with Gasteiger partial charge in [-0.15, -0.1) is 0 Å². The van der Waals surface area contributed by atoms with Gasteiger partial charge in [-0.1, -0.05) is 30.3 Å². The van der Waals surface area contributed by atoms with Gasteiger partial charge >= 0.3 is 0 Å². The monoisotopic (exact) mass is 422 g/mol. The number of piperazine rings is 1. The van der Waals surface area contributed by atoms with Gasteiger partial charge in [-0.3, -0.25) is 14.4 Å². The fraction of sp³-hybridized carbons (Fsp3) is 0.333. The van der Waals surface area contributed by atoms with E-state index in [0.29, 0.717) is 41.8 Å². The minimum atomic E-state index is -0.431. The molecule has 3 aromatic rings. The lowest BCUT2D eigenvalue weighted by atomic mass is 10.1. The maximum Gasteiger partial charge on any atom is 0.272 e. The zero-order valence-corrected chi connectivity index (χ0v) is 18.1. The molecule has 4 rings (SSSR count). The van der Waals surface area contributed by atoms with E-state index >= 15 is 0 Å². The first kappa shape index (κ1) is 21.1. The highest BCUT2D eigenvalue weighted by Gasteiger charge is 2.27. The lowest BCUT2D eigenvalue weighted by Crippen LogP contribution is -2.49. The number of benzene rings is 2. The zero-order valence-electron chi connectivity index (χ0n) is 18.1. The number of methoxy groups -OCH3 is 1. The third-order valence-electron chi connectivity index (χ3n) is 5.98. The summed E-state index contributed by atoms with van der Waals surface area (Å²) in [5.41, 5.74) is 2.51. The number of amides is 1. The van der Waals surface area contributed by atoms with E-state index in [4.69, 9.17) is 4.74 Å². The highest BCUT2D eigenvalue weighted by atomic mass is 19.1. The van der Waals surface area contributed by atoms with Crippen molar-refractivity contribution in [3.8, 4) is 17.0 Å². The van der Waals surface area contributed by atoms with E-state index in [2.05, 4.69) is 41.2 Å². The molecule has 31 heavy (non-hydrogen) atoms. The molecule has 2 aromatic carbocycles. The van der Waals surface area contributed by atoms with E-state index < -0.39 is 5.82 Å². The van der Waals surface area contributed by atoms with Crippen molar-refractivity contribution >= 4 is 5.91 Å². The number of halogens is 1. The summed E-state index contributed by atoms with van der Waals surface area (Å²) in [6, 6.07) is 17.0. The molecule has 1 amide bonds. The molecule has 0 aliphatic carbocycles. The van der Waals surface area contributed by atoms with E-state index in [9.17, 15) is 9.18 Å². The lowest BCUT2D eigenvalue weighted by molar-refractivity contribution is 0.0572. The molecule has 1 fully saturated rings. The number of rotatable bonds is 5. The minimum Gasteiger partial charge on any atom is -0.497 e. The Kier molecular flexibility index (Phi) is 6.04. The summed E-state index contributed by atoms with van der Waals surface area (Å²) in [5.74, 6) is -0.0711. The Labute approximate surface area is 181 Å². The Morgan fingerprint density at radius 2 is 1.77 bits per heavy atom. The Hall–Kier alpha value is -3.19. The van der Waals surface area contributed by atoms with Crippen molar-refractivity contribution in [3.05, 3.63) is 71.7 Å².